The third-order valence-electron chi connectivity index (χ3n) is 4.12. The largest absolute Gasteiger partial charge is 0.454 e. The zero-order valence-electron chi connectivity index (χ0n) is 14.2. The Balaban J connectivity index is 1.99. The number of hydrogen-bond donors (Lipinski definition) is 2. The molecule has 142 valence electrons. The lowest BCUT2D eigenvalue weighted by Crippen LogP contribution is -2.56. The van der Waals surface area contributed by atoms with Gasteiger partial charge in [0.25, 0.3) is 5.91 Å². The number of hydrogen-bond acceptors (Lipinski definition) is 4. The number of esters is 1. The number of halogens is 3. The fourth-order valence-corrected chi connectivity index (χ4v) is 3.89. The van der Waals surface area contributed by atoms with Gasteiger partial charge in [-0.2, -0.15) is 0 Å². The highest BCUT2D eigenvalue weighted by Crippen LogP contribution is 2.34. The van der Waals surface area contributed by atoms with Gasteiger partial charge in [0.2, 0.25) is 5.91 Å². The molecule has 1 fully saturated rings. The SMILES string of the molecule is CC(=O)NC1(C(=O)OCC(=O)Nc2c(Cl)cc(Cl)cc2Cl)CCCCC1. The van der Waals surface area contributed by atoms with E-state index in [0.29, 0.717) is 17.9 Å². The highest BCUT2D eigenvalue weighted by atomic mass is 35.5. The van der Waals surface area contributed by atoms with Gasteiger partial charge in [0.05, 0.1) is 15.7 Å². The van der Waals surface area contributed by atoms with Crippen LogP contribution in [-0.4, -0.2) is 29.9 Å². The van der Waals surface area contributed by atoms with Crippen molar-refractivity contribution >= 4 is 58.3 Å². The van der Waals surface area contributed by atoms with E-state index in [-0.39, 0.29) is 21.6 Å². The maximum Gasteiger partial charge on any atom is 0.332 e. The second kappa shape index (κ2) is 8.93. The molecule has 26 heavy (non-hydrogen) atoms. The second-order valence-corrected chi connectivity index (χ2v) is 7.44. The van der Waals surface area contributed by atoms with Crippen LogP contribution in [0.25, 0.3) is 0 Å². The van der Waals surface area contributed by atoms with Crippen LogP contribution >= 0.6 is 34.8 Å². The normalized spacial score (nSPS) is 15.8. The van der Waals surface area contributed by atoms with Crippen LogP contribution in [0.4, 0.5) is 5.69 Å². The van der Waals surface area contributed by atoms with Crippen molar-refractivity contribution in [3.63, 3.8) is 0 Å². The van der Waals surface area contributed by atoms with Crippen LogP contribution in [0.1, 0.15) is 39.0 Å². The lowest BCUT2D eigenvalue weighted by molar-refractivity contribution is -0.157. The van der Waals surface area contributed by atoms with Gasteiger partial charge in [0.15, 0.2) is 6.61 Å². The van der Waals surface area contributed by atoms with Gasteiger partial charge >= 0.3 is 5.97 Å². The molecule has 1 saturated carbocycles. The number of rotatable bonds is 5. The van der Waals surface area contributed by atoms with E-state index in [4.69, 9.17) is 39.5 Å². The van der Waals surface area contributed by atoms with Gasteiger partial charge in [-0.25, -0.2) is 4.79 Å². The second-order valence-electron chi connectivity index (χ2n) is 6.19. The number of anilines is 1. The number of benzene rings is 1. The molecular formula is C17H19Cl3N2O4. The van der Waals surface area contributed by atoms with E-state index in [1.807, 2.05) is 0 Å². The van der Waals surface area contributed by atoms with Gasteiger partial charge in [-0.05, 0) is 25.0 Å². The minimum Gasteiger partial charge on any atom is -0.454 e. The van der Waals surface area contributed by atoms with Gasteiger partial charge in [-0.1, -0.05) is 54.1 Å². The van der Waals surface area contributed by atoms with Crippen LogP contribution in [0, 0.1) is 0 Å². The van der Waals surface area contributed by atoms with Crippen molar-refractivity contribution < 1.29 is 19.1 Å². The molecule has 1 aliphatic rings. The first-order chi connectivity index (χ1) is 12.2. The average Bonchev–Trinajstić information content (AvgIpc) is 2.56. The van der Waals surface area contributed by atoms with Crippen LogP contribution in [0.5, 0.6) is 0 Å². The maximum absolute atomic E-state index is 12.5. The predicted molar refractivity (Wildman–Crippen MR) is 101 cm³/mol. The lowest BCUT2D eigenvalue weighted by atomic mass is 9.81. The Hall–Kier alpha value is -1.50. The molecule has 0 spiro atoms. The summed E-state index contributed by atoms with van der Waals surface area (Å²) in [6.45, 7) is 0.830. The van der Waals surface area contributed by atoms with Gasteiger partial charge in [0, 0.05) is 11.9 Å². The third-order valence-corrected chi connectivity index (χ3v) is 4.93. The number of ether oxygens (including phenoxy) is 1. The van der Waals surface area contributed by atoms with E-state index < -0.39 is 24.0 Å². The molecule has 0 radical (unpaired) electrons. The Bertz CT molecular complexity index is 695. The summed E-state index contributed by atoms with van der Waals surface area (Å²) in [5.41, 5.74) is -0.882. The molecule has 1 aromatic rings. The van der Waals surface area contributed by atoms with Crippen LogP contribution in [0.2, 0.25) is 15.1 Å². The summed E-state index contributed by atoms with van der Waals surface area (Å²) in [5, 5.41) is 5.86. The zero-order valence-corrected chi connectivity index (χ0v) is 16.4. The van der Waals surface area contributed by atoms with E-state index in [9.17, 15) is 14.4 Å². The first kappa shape index (κ1) is 20.8. The Morgan fingerprint density at radius 1 is 1.08 bits per heavy atom. The van der Waals surface area contributed by atoms with Gasteiger partial charge in [-0.15, -0.1) is 0 Å². The number of carbonyl (C=O) groups is 3. The molecule has 0 bridgehead atoms. The summed E-state index contributed by atoms with van der Waals surface area (Å²) in [7, 11) is 0. The Morgan fingerprint density at radius 3 is 2.19 bits per heavy atom. The van der Waals surface area contributed by atoms with Crippen molar-refractivity contribution in [2.45, 2.75) is 44.6 Å². The summed E-state index contributed by atoms with van der Waals surface area (Å²) < 4.78 is 5.15. The molecule has 2 amide bonds. The topological polar surface area (TPSA) is 84.5 Å². The Labute approximate surface area is 166 Å². The highest BCUT2D eigenvalue weighted by Gasteiger charge is 2.42. The lowest BCUT2D eigenvalue weighted by Gasteiger charge is -2.35. The van der Waals surface area contributed by atoms with Crippen molar-refractivity contribution in [1.82, 2.24) is 5.32 Å². The van der Waals surface area contributed by atoms with Gasteiger partial charge < -0.3 is 15.4 Å². The smallest absolute Gasteiger partial charge is 0.332 e. The summed E-state index contributed by atoms with van der Waals surface area (Å²) in [5.74, 6) is -1.53. The molecule has 0 unspecified atom stereocenters. The number of amides is 2. The van der Waals surface area contributed by atoms with E-state index >= 15 is 0 Å². The van der Waals surface area contributed by atoms with E-state index in [2.05, 4.69) is 10.6 Å². The molecule has 1 aromatic carbocycles. The molecule has 6 nitrogen and oxygen atoms in total. The van der Waals surface area contributed by atoms with Gasteiger partial charge in [0.1, 0.15) is 5.54 Å². The van der Waals surface area contributed by atoms with Crippen molar-refractivity contribution in [2.75, 3.05) is 11.9 Å². The molecule has 2 N–H and O–H groups in total. The van der Waals surface area contributed by atoms with Crippen LogP contribution in [-0.2, 0) is 19.1 Å². The standard InChI is InChI=1S/C17H19Cl3N2O4/c1-10(23)22-17(5-3-2-4-6-17)16(25)26-9-14(24)21-15-12(19)7-11(18)8-13(15)20/h7-8H,2-6,9H2,1H3,(H,21,24)(H,22,23). The fraction of sp³-hybridized carbons (Fsp3) is 0.471. The fourth-order valence-electron chi connectivity index (χ4n) is 2.98. The molecular weight excluding hydrogens is 403 g/mol. The summed E-state index contributed by atoms with van der Waals surface area (Å²) >= 11 is 17.8. The molecule has 9 heteroatoms. The summed E-state index contributed by atoms with van der Waals surface area (Å²) in [6, 6.07) is 2.87. The molecule has 1 aliphatic carbocycles. The summed E-state index contributed by atoms with van der Waals surface area (Å²) in [6.07, 6.45) is 3.57. The van der Waals surface area contributed by atoms with Crippen LogP contribution in [0.3, 0.4) is 0 Å². The molecule has 0 aliphatic heterocycles. The van der Waals surface area contributed by atoms with Crippen LogP contribution < -0.4 is 10.6 Å². The quantitative estimate of drug-likeness (QED) is 0.705. The van der Waals surface area contributed by atoms with Gasteiger partial charge in [-0.3, -0.25) is 9.59 Å². The molecule has 0 saturated heterocycles. The van der Waals surface area contributed by atoms with Crippen molar-refractivity contribution in [2.24, 2.45) is 0 Å². The first-order valence-electron chi connectivity index (χ1n) is 8.14. The minimum atomic E-state index is -1.07. The summed E-state index contributed by atoms with van der Waals surface area (Å²) in [4.78, 5) is 36.1. The first-order valence-corrected chi connectivity index (χ1v) is 9.27. The molecule has 0 heterocycles. The van der Waals surface area contributed by atoms with E-state index in [1.165, 1.54) is 19.1 Å². The zero-order chi connectivity index (χ0) is 19.3. The number of carbonyl (C=O) groups excluding carboxylic acids is 3. The predicted octanol–water partition coefficient (Wildman–Crippen LogP) is 3.97. The minimum absolute atomic E-state index is 0.171. The van der Waals surface area contributed by atoms with Crippen molar-refractivity contribution in [3.8, 4) is 0 Å². The van der Waals surface area contributed by atoms with E-state index in [0.717, 1.165) is 19.3 Å². The highest BCUT2D eigenvalue weighted by molar-refractivity contribution is 6.42. The molecule has 0 atom stereocenters. The maximum atomic E-state index is 12.5. The molecule has 0 aromatic heterocycles. The van der Waals surface area contributed by atoms with Crippen LogP contribution in [0.15, 0.2) is 12.1 Å². The van der Waals surface area contributed by atoms with Crippen molar-refractivity contribution in [1.29, 1.82) is 0 Å². The Morgan fingerprint density at radius 2 is 1.65 bits per heavy atom. The Kier molecular flexibility index (Phi) is 7.15. The van der Waals surface area contributed by atoms with Crippen molar-refractivity contribution in [3.05, 3.63) is 27.2 Å². The third kappa shape index (κ3) is 5.25. The van der Waals surface area contributed by atoms with E-state index in [1.54, 1.807) is 0 Å². The average molecular weight is 422 g/mol. The number of nitrogens with one attached hydrogen (secondary N) is 2. The monoisotopic (exact) mass is 420 g/mol. The molecule has 2 rings (SSSR count).